The van der Waals surface area contributed by atoms with Gasteiger partial charge in [0.15, 0.2) is 0 Å². The van der Waals surface area contributed by atoms with Crippen LogP contribution in [-0.2, 0) is 4.79 Å². The van der Waals surface area contributed by atoms with E-state index in [1.54, 1.807) is 0 Å². The molecule has 5 heteroatoms. The number of piperazine rings is 1. The Hall–Kier alpha value is -1.59. The Kier molecular flexibility index (Phi) is 6.92. The van der Waals surface area contributed by atoms with Gasteiger partial charge in [0, 0.05) is 45.3 Å². The second-order valence-electron chi connectivity index (χ2n) is 7.71. The van der Waals surface area contributed by atoms with Crippen LogP contribution in [0.25, 0.3) is 0 Å². The van der Waals surface area contributed by atoms with Crippen LogP contribution in [0.4, 0.5) is 0 Å². The SMILES string of the molecule is Cc1cccc(OCCN2CCN(CC(=O)N3CCCCC3C)CC2)c1. The molecule has 0 bridgehead atoms. The predicted molar refractivity (Wildman–Crippen MR) is 105 cm³/mol. The predicted octanol–water partition coefficient (Wildman–Crippen LogP) is 2.39. The monoisotopic (exact) mass is 359 g/mol. The van der Waals surface area contributed by atoms with E-state index in [1.807, 2.05) is 12.1 Å². The minimum Gasteiger partial charge on any atom is -0.492 e. The van der Waals surface area contributed by atoms with Crippen molar-refractivity contribution < 1.29 is 9.53 Å². The van der Waals surface area contributed by atoms with Crippen LogP contribution < -0.4 is 4.74 Å². The van der Waals surface area contributed by atoms with Gasteiger partial charge in [0.25, 0.3) is 0 Å². The van der Waals surface area contributed by atoms with Crippen molar-refractivity contribution in [3.05, 3.63) is 29.8 Å². The van der Waals surface area contributed by atoms with E-state index in [1.165, 1.54) is 12.0 Å². The zero-order valence-corrected chi connectivity index (χ0v) is 16.3. The molecular formula is C21H33N3O2. The lowest BCUT2D eigenvalue weighted by molar-refractivity contribution is -0.136. The summed E-state index contributed by atoms with van der Waals surface area (Å²) in [5, 5.41) is 0. The minimum absolute atomic E-state index is 0.313. The first-order valence-electron chi connectivity index (χ1n) is 10.1. The molecule has 1 unspecified atom stereocenters. The maximum atomic E-state index is 12.6. The molecule has 26 heavy (non-hydrogen) atoms. The molecular weight excluding hydrogens is 326 g/mol. The van der Waals surface area contributed by atoms with E-state index in [2.05, 4.69) is 40.7 Å². The fourth-order valence-corrected chi connectivity index (χ4v) is 3.92. The molecule has 1 aromatic rings. The van der Waals surface area contributed by atoms with Crippen molar-refractivity contribution in [2.75, 3.05) is 52.4 Å². The van der Waals surface area contributed by atoms with Crippen molar-refractivity contribution in [2.24, 2.45) is 0 Å². The van der Waals surface area contributed by atoms with E-state index < -0.39 is 0 Å². The summed E-state index contributed by atoms with van der Waals surface area (Å²) in [6.45, 7) is 11.4. The lowest BCUT2D eigenvalue weighted by atomic mass is 10.0. The van der Waals surface area contributed by atoms with Gasteiger partial charge in [-0.1, -0.05) is 12.1 Å². The van der Waals surface area contributed by atoms with Crippen LogP contribution in [0.2, 0.25) is 0 Å². The van der Waals surface area contributed by atoms with Crippen molar-refractivity contribution in [1.29, 1.82) is 0 Å². The largest absolute Gasteiger partial charge is 0.492 e. The number of benzene rings is 1. The van der Waals surface area contributed by atoms with E-state index in [0.717, 1.165) is 57.9 Å². The zero-order chi connectivity index (χ0) is 18.4. The Bertz CT molecular complexity index is 584. The first kappa shape index (κ1) is 19.2. The lowest BCUT2D eigenvalue weighted by Crippen LogP contribution is -2.52. The molecule has 144 valence electrons. The van der Waals surface area contributed by atoms with Crippen molar-refractivity contribution in [1.82, 2.24) is 14.7 Å². The number of carbonyl (C=O) groups is 1. The molecule has 0 aliphatic carbocycles. The van der Waals surface area contributed by atoms with Crippen LogP contribution in [0.15, 0.2) is 24.3 Å². The number of likely N-dealkylation sites (tertiary alicyclic amines) is 1. The third kappa shape index (κ3) is 5.45. The molecule has 0 aromatic heterocycles. The normalized spacial score (nSPS) is 22.4. The van der Waals surface area contributed by atoms with E-state index in [4.69, 9.17) is 4.74 Å². The standard InChI is InChI=1S/C21H33N3O2/c1-18-6-5-8-20(16-18)26-15-14-22-10-12-23(13-11-22)17-21(25)24-9-4-3-7-19(24)2/h5-6,8,16,19H,3-4,7,9-15,17H2,1-2H3. The lowest BCUT2D eigenvalue weighted by Gasteiger charge is -2.38. The number of aryl methyl sites for hydroxylation is 1. The van der Waals surface area contributed by atoms with Crippen molar-refractivity contribution in [2.45, 2.75) is 39.2 Å². The third-order valence-corrected chi connectivity index (χ3v) is 5.61. The number of piperidine rings is 1. The summed E-state index contributed by atoms with van der Waals surface area (Å²) in [6, 6.07) is 8.61. The van der Waals surface area contributed by atoms with Crippen LogP contribution in [0.1, 0.15) is 31.7 Å². The molecule has 0 saturated carbocycles. The number of carbonyl (C=O) groups excluding carboxylic acids is 1. The van der Waals surface area contributed by atoms with Crippen LogP contribution in [0, 0.1) is 6.92 Å². The van der Waals surface area contributed by atoms with Gasteiger partial charge in [0.2, 0.25) is 5.91 Å². The van der Waals surface area contributed by atoms with Gasteiger partial charge in [0.05, 0.1) is 6.54 Å². The average molecular weight is 360 g/mol. The molecule has 2 fully saturated rings. The van der Waals surface area contributed by atoms with Crippen LogP contribution in [0.5, 0.6) is 5.75 Å². The highest BCUT2D eigenvalue weighted by molar-refractivity contribution is 5.78. The Labute approximate surface area is 157 Å². The van der Waals surface area contributed by atoms with E-state index in [9.17, 15) is 4.79 Å². The maximum absolute atomic E-state index is 12.6. The van der Waals surface area contributed by atoms with Crippen LogP contribution in [-0.4, -0.2) is 79.1 Å². The van der Waals surface area contributed by atoms with Crippen molar-refractivity contribution in [3.63, 3.8) is 0 Å². The second kappa shape index (κ2) is 9.38. The van der Waals surface area contributed by atoms with Gasteiger partial charge in [-0.25, -0.2) is 0 Å². The molecule has 1 aromatic carbocycles. The molecule has 2 aliphatic heterocycles. The summed E-state index contributed by atoms with van der Waals surface area (Å²) in [5.41, 5.74) is 1.23. The Morgan fingerprint density at radius 1 is 1.12 bits per heavy atom. The summed E-state index contributed by atoms with van der Waals surface area (Å²) in [6.07, 6.45) is 3.57. The molecule has 0 spiro atoms. The van der Waals surface area contributed by atoms with Gasteiger partial charge < -0.3 is 9.64 Å². The molecule has 3 rings (SSSR count). The van der Waals surface area contributed by atoms with Gasteiger partial charge in [0.1, 0.15) is 12.4 Å². The average Bonchev–Trinajstić information content (AvgIpc) is 2.63. The topological polar surface area (TPSA) is 36.0 Å². The molecule has 0 radical (unpaired) electrons. The fraction of sp³-hybridized carbons (Fsp3) is 0.667. The Morgan fingerprint density at radius 2 is 1.88 bits per heavy atom. The first-order valence-corrected chi connectivity index (χ1v) is 10.1. The number of hydrogen-bond donors (Lipinski definition) is 0. The van der Waals surface area contributed by atoms with Gasteiger partial charge in [-0.15, -0.1) is 0 Å². The summed E-state index contributed by atoms with van der Waals surface area (Å²) in [7, 11) is 0. The smallest absolute Gasteiger partial charge is 0.236 e. The first-order chi connectivity index (χ1) is 12.6. The molecule has 2 saturated heterocycles. The minimum atomic E-state index is 0.313. The van der Waals surface area contributed by atoms with Crippen molar-refractivity contribution >= 4 is 5.91 Å². The van der Waals surface area contributed by atoms with Crippen LogP contribution in [0.3, 0.4) is 0 Å². The number of nitrogens with zero attached hydrogens (tertiary/aromatic N) is 3. The maximum Gasteiger partial charge on any atom is 0.236 e. The molecule has 5 nitrogen and oxygen atoms in total. The summed E-state index contributed by atoms with van der Waals surface area (Å²) in [4.78, 5) is 19.4. The highest BCUT2D eigenvalue weighted by atomic mass is 16.5. The van der Waals surface area contributed by atoms with Gasteiger partial charge >= 0.3 is 0 Å². The zero-order valence-electron chi connectivity index (χ0n) is 16.3. The number of amides is 1. The number of ether oxygens (including phenoxy) is 1. The second-order valence-corrected chi connectivity index (χ2v) is 7.71. The highest BCUT2D eigenvalue weighted by Gasteiger charge is 2.26. The van der Waals surface area contributed by atoms with E-state index >= 15 is 0 Å². The third-order valence-electron chi connectivity index (χ3n) is 5.61. The summed E-state index contributed by atoms with van der Waals surface area (Å²) < 4.78 is 5.86. The van der Waals surface area contributed by atoms with Gasteiger partial charge in [-0.2, -0.15) is 0 Å². The molecule has 1 atom stereocenters. The van der Waals surface area contributed by atoms with Crippen LogP contribution >= 0.6 is 0 Å². The Balaban J connectivity index is 1.34. The highest BCUT2D eigenvalue weighted by Crippen LogP contribution is 2.17. The molecule has 1 amide bonds. The molecule has 2 aliphatic rings. The fourth-order valence-electron chi connectivity index (χ4n) is 3.92. The van der Waals surface area contributed by atoms with Crippen molar-refractivity contribution in [3.8, 4) is 5.75 Å². The molecule has 2 heterocycles. The number of rotatable bonds is 6. The molecule has 0 N–H and O–H groups in total. The Morgan fingerprint density at radius 3 is 2.62 bits per heavy atom. The summed E-state index contributed by atoms with van der Waals surface area (Å²) >= 11 is 0. The van der Waals surface area contributed by atoms with Gasteiger partial charge in [-0.3, -0.25) is 14.6 Å². The van der Waals surface area contributed by atoms with E-state index in [0.29, 0.717) is 25.1 Å². The summed E-state index contributed by atoms with van der Waals surface area (Å²) in [5.74, 6) is 1.26. The van der Waals surface area contributed by atoms with E-state index in [-0.39, 0.29) is 0 Å². The number of hydrogen-bond acceptors (Lipinski definition) is 4. The van der Waals surface area contributed by atoms with Gasteiger partial charge in [-0.05, 0) is 50.8 Å². The quantitative estimate of drug-likeness (QED) is 0.781.